The van der Waals surface area contributed by atoms with Crippen LogP contribution in [-0.4, -0.2) is 28.4 Å². The van der Waals surface area contributed by atoms with Gasteiger partial charge in [-0.1, -0.05) is 0 Å². The molecule has 0 aliphatic rings. The predicted molar refractivity (Wildman–Crippen MR) is 60.0 cm³/mol. The summed E-state index contributed by atoms with van der Waals surface area (Å²) in [4.78, 5) is 13.3. The highest BCUT2D eigenvalue weighted by Crippen LogP contribution is 2.16. The minimum atomic E-state index is -0.224. The van der Waals surface area contributed by atoms with Crippen LogP contribution < -0.4 is 10.6 Å². The minimum absolute atomic E-state index is 0.224. The molecule has 82 valence electrons. The molecule has 0 aliphatic heterocycles. The van der Waals surface area contributed by atoms with Crippen LogP contribution in [0.15, 0.2) is 30.5 Å². The molecule has 2 rings (SSSR count). The molecule has 1 heterocycles. The number of hydrogen-bond donors (Lipinski definition) is 2. The fourth-order valence-electron chi connectivity index (χ4n) is 1.29. The standard InChI is InChI=1S/C10H11N5O/c1-15(8-4-2-7(11)3-5-8)10(16)9-6-12-14-13-9/h2-6H,11H2,1H3,(H,12,13,14). The Labute approximate surface area is 92.1 Å². The number of rotatable bonds is 2. The van der Waals surface area contributed by atoms with Gasteiger partial charge in [0.05, 0.1) is 6.20 Å². The smallest absolute Gasteiger partial charge is 0.280 e. The number of nitrogen functional groups attached to an aromatic ring is 1. The fraction of sp³-hybridized carbons (Fsp3) is 0.100. The van der Waals surface area contributed by atoms with Crippen LogP contribution in [0, 0.1) is 0 Å². The summed E-state index contributed by atoms with van der Waals surface area (Å²) in [5, 5.41) is 9.72. The zero-order valence-electron chi connectivity index (χ0n) is 8.71. The maximum atomic E-state index is 11.9. The van der Waals surface area contributed by atoms with Crippen molar-refractivity contribution in [1.82, 2.24) is 15.4 Å². The number of hydrogen-bond acceptors (Lipinski definition) is 4. The average Bonchev–Trinajstić information content (AvgIpc) is 2.81. The van der Waals surface area contributed by atoms with Gasteiger partial charge in [-0.2, -0.15) is 15.4 Å². The molecule has 6 heteroatoms. The second kappa shape index (κ2) is 4.01. The van der Waals surface area contributed by atoms with Crippen molar-refractivity contribution in [2.24, 2.45) is 0 Å². The van der Waals surface area contributed by atoms with Gasteiger partial charge < -0.3 is 10.6 Å². The van der Waals surface area contributed by atoms with Crippen molar-refractivity contribution in [3.8, 4) is 0 Å². The van der Waals surface area contributed by atoms with Crippen molar-refractivity contribution >= 4 is 17.3 Å². The monoisotopic (exact) mass is 217 g/mol. The van der Waals surface area contributed by atoms with Gasteiger partial charge in [-0.3, -0.25) is 4.79 Å². The largest absolute Gasteiger partial charge is 0.399 e. The molecule has 1 amide bonds. The van der Waals surface area contributed by atoms with E-state index in [1.807, 2.05) is 0 Å². The Balaban J connectivity index is 2.22. The summed E-state index contributed by atoms with van der Waals surface area (Å²) >= 11 is 0. The summed E-state index contributed by atoms with van der Waals surface area (Å²) in [6, 6.07) is 7.02. The Morgan fingerprint density at radius 1 is 1.38 bits per heavy atom. The molecular weight excluding hydrogens is 206 g/mol. The molecular formula is C10H11N5O. The molecule has 3 N–H and O–H groups in total. The fourth-order valence-corrected chi connectivity index (χ4v) is 1.29. The van der Waals surface area contributed by atoms with Gasteiger partial charge in [0.2, 0.25) is 0 Å². The predicted octanol–water partition coefficient (Wildman–Crippen LogP) is 0.663. The number of benzene rings is 1. The Morgan fingerprint density at radius 2 is 2.06 bits per heavy atom. The second-order valence-corrected chi connectivity index (χ2v) is 3.31. The normalized spacial score (nSPS) is 10.1. The molecule has 0 bridgehead atoms. The molecule has 2 aromatic rings. The van der Waals surface area contributed by atoms with Gasteiger partial charge in [0, 0.05) is 18.4 Å². The lowest BCUT2D eigenvalue weighted by Crippen LogP contribution is -2.26. The molecule has 0 saturated heterocycles. The Bertz CT molecular complexity index is 476. The lowest BCUT2D eigenvalue weighted by atomic mass is 10.2. The molecule has 0 aliphatic carbocycles. The summed E-state index contributed by atoms with van der Waals surface area (Å²) in [7, 11) is 1.67. The number of anilines is 2. The quantitative estimate of drug-likeness (QED) is 0.723. The zero-order valence-corrected chi connectivity index (χ0v) is 8.71. The summed E-state index contributed by atoms with van der Waals surface area (Å²) in [5.41, 5.74) is 7.25. The van der Waals surface area contributed by atoms with E-state index in [4.69, 9.17) is 5.73 Å². The van der Waals surface area contributed by atoms with E-state index < -0.39 is 0 Å². The molecule has 16 heavy (non-hydrogen) atoms. The van der Waals surface area contributed by atoms with Crippen LogP contribution in [0.25, 0.3) is 0 Å². The lowest BCUT2D eigenvalue weighted by molar-refractivity contribution is 0.0988. The van der Waals surface area contributed by atoms with Crippen molar-refractivity contribution in [3.63, 3.8) is 0 Å². The summed E-state index contributed by atoms with van der Waals surface area (Å²) in [6.07, 6.45) is 1.39. The summed E-state index contributed by atoms with van der Waals surface area (Å²) < 4.78 is 0. The first-order chi connectivity index (χ1) is 7.68. The Hall–Kier alpha value is -2.37. The highest BCUT2D eigenvalue weighted by atomic mass is 16.2. The van der Waals surface area contributed by atoms with E-state index in [-0.39, 0.29) is 11.6 Å². The van der Waals surface area contributed by atoms with Crippen molar-refractivity contribution in [1.29, 1.82) is 0 Å². The Morgan fingerprint density at radius 3 is 2.62 bits per heavy atom. The maximum absolute atomic E-state index is 11.9. The summed E-state index contributed by atoms with van der Waals surface area (Å²) in [5.74, 6) is -0.224. The molecule has 0 saturated carbocycles. The summed E-state index contributed by atoms with van der Waals surface area (Å²) in [6.45, 7) is 0. The van der Waals surface area contributed by atoms with E-state index in [9.17, 15) is 4.79 Å². The number of carbonyl (C=O) groups excluding carboxylic acids is 1. The third kappa shape index (κ3) is 1.85. The molecule has 0 spiro atoms. The van der Waals surface area contributed by atoms with Gasteiger partial charge in [0.15, 0.2) is 5.69 Å². The highest BCUT2D eigenvalue weighted by molar-refractivity contribution is 6.04. The number of nitrogens with two attached hydrogens (primary N) is 1. The second-order valence-electron chi connectivity index (χ2n) is 3.31. The molecule has 0 unspecified atom stereocenters. The van der Waals surface area contributed by atoms with Crippen molar-refractivity contribution in [2.45, 2.75) is 0 Å². The molecule has 0 fully saturated rings. The average molecular weight is 217 g/mol. The number of H-pyrrole nitrogens is 1. The van der Waals surface area contributed by atoms with Crippen molar-refractivity contribution in [3.05, 3.63) is 36.2 Å². The van der Waals surface area contributed by atoms with Gasteiger partial charge in [-0.05, 0) is 24.3 Å². The van der Waals surface area contributed by atoms with Gasteiger partial charge in [0.25, 0.3) is 5.91 Å². The van der Waals surface area contributed by atoms with Crippen molar-refractivity contribution < 1.29 is 4.79 Å². The van der Waals surface area contributed by atoms with Crippen molar-refractivity contribution in [2.75, 3.05) is 17.7 Å². The van der Waals surface area contributed by atoms with Gasteiger partial charge in [0.1, 0.15) is 0 Å². The first-order valence-electron chi connectivity index (χ1n) is 4.68. The van der Waals surface area contributed by atoms with E-state index in [0.29, 0.717) is 5.69 Å². The lowest BCUT2D eigenvalue weighted by Gasteiger charge is -2.15. The molecule has 1 aromatic carbocycles. The molecule has 0 atom stereocenters. The number of aromatic nitrogens is 3. The van der Waals surface area contributed by atoms with E-state index in [1.54, 1.807) is 31.3 Å². The van der Waals surface area contributed by atoms with Gasteiger partial charge in [-0.25, -0.2) is 0 Å². The first-order valence-corrected chi connectivity index (χ1v) is 4.68. The SMILES string of the molecule is CN(C(=O)c1cn[nH]n1)c1ccc(N)cc1. The van der Waals surface area contributed by atoms with Gasteiger partial charge >= 0.3 is 0 Å². The number of carbonyl (C=O) groups is 1. The van der Waals surface area contributed by atoms with Crippen LogP contribution >= 0.6 is 0 Å². The highest BCUT2D eigenvalue weighted by Gasteiger charge is 2.15. The first kappa shape index (κ1) is 10.2. The number of aromatic amines is 1. The minimum Gasteiger partial charge on any atom is -0.399 e. The molecule has 1 aromatic heterocycles. The molecule has 6 nitrogen and oxygen atoms in total. The van der Waals surface area contributed by atoms with Crippen LogP contribution in [0.3, 0.4) is 0 Å². The zero-order chi connectivity index (χ0) is 11.5. The van der Waals surface area contributed by atoms with E-state index in [0.717, 1.165) is 5.69 Å². The van der Waals surface area contributed by atoms with Crippen LogP contribution in [0.5, 0.6) is 0 Å². The van der Waals surface area contributed by atoms with Gasteiger partial charge in [-0.15, -0.1) is 0 Å². The van der Waals surface area contributed by atoms with Crippen LogP contribution in [-0.2, 0) is 0 Å². The number of nitrogens with one attached hydrogen (secondary N) is 1. The third-order valence-electron chi connectivity index (χ3n) is 2.22. The van der Waals surface area contributed by atoms with E-state index >= 15 is 0 Å². The Kier molecular flexibility index (Phi) is 2.55. The van der Waals surface area contributed by atoms with Crippen LogP contribution in [0.4, 0.5) is 11.4 Å². The third-order valence-corrected chi connectivity index (χ3v) is 2.22. The number of nitrogens with zero attached hydrogens (tertiary/aromatic N) is 3. The maximum Gasteiger partial charge on any atom is 0.280 e. The van der Waals surface area contributed by atoms with Crippen LogP contribution in [0.1, 0.15) is 10.5 Å². The van der Waals surface area contributed by atoms with Crippen LogP contribution in [0.2, 0.25) is 0 Å². The van der Waals surface area contributed by atoms with E-state index in [2.05, 4.69) is 15.4 Å². The number of amides is 1. The molecule has 0 radical (unpaired) electrons. The topological polar surface area (TPSA) is 87.9 Å². The van der Waals surface area contributed by atoms with E-state index in [1.165, 1.54) is 11.1 Å².